The molecule has 5 N–H and O–H groups in total. The Morgan fingerprint density at radius 2 is 1.47 bits per heavy atom. The van der Waals surface area contributed by atoms with E-state index in [0.29, 0.717) is 11.4 Å². The Bertz CT molecular complexity index is 2520. The number of phenolic OH excluding ortho intramolecular Hbond substituents is 2. The number of aromatic hydroxyl groups is 2. The zero-order valence-corrected chi connectivity index (χ0v) is 38.5. The number of carbonyl (C=O) groups is 4. The second-order valence-corrected chi connectivity index (χ2v) is 17.1. The topological polar surface area (TPSA) is 211 Å². The molecule has 5 bridgehead atoms. The number of anilines is 3. The Hall–Kier alpha value is -6.68. The number of hydrogen-bond acceptors (Lipinski definition) is 13. The molecule has 0 spiro atoms. The second kappa shape index (κ2) is 20.2. The minimum absolute atomic E-state index is 0.0553. The first-order valence-corrected chi connectivity index (χ1v) is 21.7. The summed E-state index contributed by atoms with van der Waals surface area (Å²) in [6.45, 7) is 11.9. The Labute approximate surface area is 383 Å². The van der Waals surface area contributed by atoms with E-state index in [9.17, 15) is 39.6 Å². The fourth-order valence-corrected chi connectivity index (χ4v) is 8.54. The predicted molar refractivity (Wildman–Crippen MR) is 248 cm³/mol. The molecule has 9 atom stereocenters. The highest BCUT2D eigenvalue weighted by Crippen LogP contribution is 2.54. The summed E-state index contributed by atoms with van der Waals surface area (Å²) in [5.74, 6) is -8.47. The van der Waals surface area contributed by atoms with Crippen LogP contribution in [0.1, 0.15) is 64.4 Å². The molecule has 3 aliphatic heterocycles. The number of aliphatic hydroxyl groups is 2. The van der Waals surface area contributed by atoms with Crippen LogP contribution in [0.3, 0.4) is 0 Å². The molecular formula is C51H58N2O13. The molecule has 0 fully saturated rings. The molecule has 0 saturated heterocycles. The van der Waals surface area contributed by atoms with E-state index in [2.05, 4.69) is 5.32 Å². The van der Waals surface area contributed by atoms with Crippen molar-refractivity contribution in [3.05, 3.63) is 114 Å². The van der Waals surface area contributed by atoms with Gasteiger partial charge in [0.05, 0.1) is 41.2 Å². The van der Waals surface area contributed by atoms with Gasteiger partial charge in [-0.25, -0.2) is 0 Å². The van der Waals surface area contributed by atoms with Crippen LogP contribution < -0.4 is 19.7 Å². The minimum atomic E-state index is -2.07. The third-order valence-corrected chi connectivity index (χ3v) is 12.5. The number of Topliss-reactive ketones (excluding diaryl/α,β-unsaturated/α-hetero) is 1. The van der Waals surface area contributed by atoms with Gasteiger partial charge in [0.1, 0.15) is 23.4 Å². The number of fused-ring (bicyclic) bond motifs is 14. The van der Waals surface area contributed by atoms with Crippen LogP contribution in [0.15, 0.2) is 103 Å². The van der Waals surface area contributed by atoms with E-state index in [1.54, 1.807) is 88.4 Å². The quantitative estimate of drug-likeness (QED) is 0.0887. The normalized spacial score (nSPS) is 27.8. The second-order valence-electron chi connectivity index (χ2n) is 17.1. The van der Waals surface area contributed by atoms with E-state index in [1.807, 2.05) is 12.1 Å². The van der Waals surface area contributed by atoms with Crippen molar-refractivity contribution in [1.29, 1.82) is 0 Å². The first-order chi connectivity index (χ1) is 31.3. The highest BCUT2D eigenvalue weighted by atomic mass is 16.7. The Morgan fingerprint density at radius 1 is 0.848 bits per heavy atom. The lowest BCUT2D eigenvalue weighted by Gasteiger charge is -2.38. The van der Waals surface area contributed by atoms with Crippen LogP contribution in [0.25, 0.3) is 10.8 Å². The summed E-state index contributed by atoms with van der Waals surface area (Å²) in [6.07, 6.45) is 3.51. The maximum Gasteiger partial charge on any atom is 0.312 e. The number of nitrogens with one attached hydrogen (secondary N) is 1. The molecule has 0 saturated carbocycles. The van der Waals surface area contributed by atoms with Crippen LogP contribution in [-0.2, 0) is 28.6 Å². The van der Waals surface area contributed by atoms with Crippen molar-refractivity contribution in [2.24, 2.45) is 23.7 Å². The predicted octanol–water partition coefficient (Wildman–Crippen LogP) is 7.79. The number of esters is 1. The van der Waals surface area contributed by atoms with Crippen molar-refractivity contribution < 1.29 is 63.3 Å². The van der Waals surface area contributed by atoms with E-state index in [4.69, 9.17) is 23.7 Å². The average molecular weight is 907 g/mol. The van der Waals surface area contributed by atoms with Gasteiger partial charge in [0.25, 0.3) is 17.6 Å². The van der Waals surface area contributed by atoms with Crippen molar-refractivity contribution in [1.82, 2.24) is 0 Å². The van der Waals surface area contributed by atoms with Crippen molar-refractivity contribution in [3.8, 4) is 23.0 Å². The number of nitrogens with zero attached hydrogens (tertiary/aromatic N) is 1. The summed E-state index contributed by atoms with van der Waals surface area (Å²) < 4.78 is 30.1. The number of rotatable bonds is 7. The molecule has 350 valence electrons. The van der Waals surface area contributed by atoms with Gasteiger partial charge in [-0.2, -0.15) is 0 Å². The molecule has 0 radical (unpaired) electrons. The van der Waals surface area contributed by atoms with Gasteiger partial charge in [-0.3, -0.25) is 24.1 Å². The summed E-state index contributed by atoms with van der Waals surface area (Å²) in [5, 5.41) is 48.9. The molecule has 3 heterocycles. The average Bonchev–Trinajstić information content (AvgIpc) is 3.57. The van der Waals surface area contributed by atoms with Crippen LogP contribution >= 0.6 is 0 Å². The zero-order chi connectivity index (χ0) is 48.2. The van der Waals surface area contributed by atoms with E-state index in [1.165, 1.54) is 64.2 Å². The van der Waals surface area contributed by atoms with Gasteiger partial charge >= 0.3 is 11.8 Å². The number of benzene rings is 4. The molecule has 3 aliphatic rings. The van der Waals surface area contributed by atoms with E-state index in [-0.39, 0.29) is 44.7 Å². The third-order valence-electron chi connectivity index (χ3n) is 12.5. The summed E-state index contributed by atoms with van der Waals surface area (Å²) in [4.78, 5) is 56.6. The van der Waals surface area contributed by atoms with E-state index >= 15 is 0 Å². The summed E-state index contributed by atoms with van der Waals surface area (Å²) in [5.41, 5.74) is 0.980. The molecule has 15 nitrogen and oxygen atoms in total. The van der Waals surface area contributed by atoms with Gasteiger partial charge in [0, 0.05) is 78.6 Å². The van der Waals surface area contributed by atoms with Crippen molar-refractivity contribution in [2.75, 3.05) is 23.9 Å². The Morgan fingerprint density at radius 3 is 2.06 bits per heavy atom. The van der Waals surface area contributed by atoms with Crippen LogP contribution in [0.2, 0.25) is 0 Å². The lowest BCUT2D eigenvalue weighted by atomic mass is 9.78. The maximum atomic E-state index is 14.7. The molecule has 7 rings (SSSR count). The van der Waals surface area contributed by atoms with Gasteiger partial charge < -0.3 is 49.4 Å². The highest BCUT2D eigenvalue weighted by Gasteiger charge is 2.50. The SMILES string of the molecule is COC1/C=C/OC2(C)Oc3c(C)c(O)c4c(O)c(cc(OCC(=O)N(c5ccccc5)c5ccccc5)c4c3C2=O)NC(=O)/C(C)=C\C=C\C(C)C(O)C(C)C(O)C(C)C(OC(C)=O)C1C. The summed E-state index contributed by atoms with van der Waals surface area (Å²) in [7, 11) is 1.43. The lowest BCUT2D eigenvalue weighted by Crippen LogP contribution is -2.46. The molecule has 0 aromatic heterocycles. The Kier molecular flexibility index (Phi) is 14.9. The number of ether oxygens (including phenoxy) is 5. The smallest absolute Gasteiger partial charge is 0.312 e. The number of allylic oxidation sites excluding steroid dienone is 2. The molecule has 4 aromatic rings. The molecule has 0 aliphatic carbocycles. The van der Waals surface area contributed by atoms with Crippen LogP contribution in [-0.4, -0.2) is 87.9 Å². The van der Waals surface area contributed by atoms with E-state index < -0.39 is 95.5 Å². The number of amides is 2. The molecule has 15 heteroatoms. The number of para-hydroxylation sites is 2. The minimum Gasteiger partial charge on any atom is -0.507 e. The standard InChI is InChI=1S/C51H58N2O13/c1-27-17-16-18-28(2)50(61)52-36-25-38(63-26-39(55)53(34-19-12-10-13-20-34)35-21-14-11-15-22-35)40-41(46(36)59)45(58)32(6)48-42(40)49(60)51(8,66-48)64-24-23-37(62-9)29(3)47(65-33(7)54)31(5)44(57)30(4)43(27)56/h10-25,27,29-31,37,43-44,47,56-59H,26H2,1-9H3,(H,52,61)/b17-16+,24-23+,28-18-. The number of hydrogen-bond donors (Lipinski definition) is 5. The van der Waals surface area contributed by atoms with E-state index in [0.717, 1.165) is 0 Å². The molecule has 66 heavy (non-hydrogen) atoms. The number of aliphatic hydroxyl groups excluding tert-OH is 2. The van der Waals surface area contributed by atoms with Crippen LogP contribution in [0.4, 0.5) is 17.1 Å². The first kappa shape index (κ1) is 48.8. The van der Waals surface area contributed by atoms with Gasteiger partial charge in [0.2, 0.25) is 0 Å². The number of phenols is 2. The summed E-state index contributed by atoms with van der Waals surface area (Å²) >= 11 is 0. The van der Waals surface area contributed by atoms with Crippen molar-refractivity contribution in [2.45, 2.75) is 85.6 Å². The van der Waals surface area contributed by atoms with Crippen LogP contribution in [0, 0.1) is 30.6 Å². The largest absolute Gasteiger partial charge is 0.507 e. The number of methoxy groups -OCH3 is 1. The first-order valence-electron chi connectivity index (χ1n) is 21.7. The number of carbonyl (C=O) groups excluding carboxylic acids is 4. The monoisotopic (exact) mass is 906 g/mol. The van der Waals surface area contributed by atoms with Crippen molar-refractivity contribution in [3.63, 3.8) is 0 Å². The zero-order valence-electron chi connectivity index (χ0n) is 38.5. The van der Waals surface area contributed by atoms with Gasteiger partial charge in [-0.1, -0.05) is 82.3 Å². The molecule has 2 amide bonds. The fraction of sp³-hybridized carbons (Fsp3) is 0.373. The van der Waals surface area contributed by atoms with Crippen molar-refractivity contribution >= 4 is 51.4 Å². The fourth-order valence-electron chi connectivity index (χ4n) is 8.54. The third kappa shape index (κ3) is 9.78. The Balaban J connectivity index is 1.50. The lowest BCUT2D eigenvalue weighted by molar-refractivity contribution is -0.160. The summed E-state index contributed by atoms with van der Waals surface area (Å²) in [6, 6.07) is 19.1. The maximum absolute atomic E-state index is 14.7. The highest BCUT2D eigenvalue weighted by molar-refractivity contribution is 6.21. The molecule has 4 aromatic carbocycles. The number of ketones is 1. The molecule has 9 unspecified atom stereocenters. The van der Waals surface area contributed by atoms with Crippen LogP contribution in [0.5, 0.6) is 23.0 Å². The van der Waals surface area contributed by atoms with Gasteiger partial charge in [-0.05, 0) is 44.2 Å². The molecular weight excluding hydrogens is 849 g/mol. The van der Waals surface area contributed by atoms with Gasteiger partial charge in [0.15, 0.2) is 12.4 Å². The van der Waals surface area contributed by atoms with Gasteiger partial charge in [-0.15, -0.1) is 0 Å².